The summed E-state index contributed by atoms with van der Waals surface area (Å²) < 4.78 is 10.2. The van der Waals surface area contributed by atoms with Gasteiger partial charge >= 0.3 is 5.97 Å². The molecule has 1 N–H and O–H groups in total. The normalized spacial score (nSPS) is 12.4. The van der Waals surface area contributed by atoms with Crippen LogP contribution < -0.4 is 5.56 Å². The number of fused-ring (bicyclic) bond motifs is 1. The molecule has 0 radical (unpaired) electrons. The van der Waals surface area contributed by atoms with E-state index in [0.29, 0.717) is 22.6 Å². The van der Waals surface area contributed by atoms with Crippen LogP contribution in [0.4, 0.5) is 0 Å². The Hall–Kier alpha value is -2.03. The number of thiophene rings is 2. The number of H-pyrrole nitrogens is 1. The van der Waals surface area contributed by atoms with Crippen molar-refractivity contribution in [2.75, 3.05) is 13.2 Å². The zero-order chi connectivity index (χ0) is 17.1. The fraction of sp³-hybridized carbons (Fsp3) is 0.312. The lowest BCUT2D eigenvalue weighted by molar-refractivity contribution is -0.154. The second-order valence-corrected chi connectivity index (χ2v) is 6.83. The van der Waals surface area contributed by atoms with E-state index in [1.807, 2.05) is 22.9 Å². The topological polar surface area (TPSA) is 81.3 Å². The van der Waals surface area contributed by atoms with E-state index in [1.54, 1.807) is 25.2 Å². The minimum Gasteiger partial charge on any atom is -0.453 e. The van der Waals surface area contributed by atoms with E-state index in [1.165, 1.54) is 11.3 Å². The van der Waals surface area contributed by atoms with E-state index in [0.717, 1.165) is 10.4 Å². The molecule has 3 aromatic rings. The summed E-state index contributed by atoms with van der Waals surface area (Å²) in [6, 6.07) is 3.91. The molecule has 3 heterocycles. The van der Waals surface area contributed by atoms with Crippen LogP contribution in [-0.2, 0) is 14.3 Å². The van der Waals surface area contributed by atoms with E-state index in [-0.39, 0.29) is 12.2 Å². The highest BCUT2D eigenvalue weighted by molar-refractivity contribution is 7.18. The van der Waals surface area contributed by atoms with Crippen molar-refractivity contribution in [2.24, 2.45) is 0 Å². The maximum atomic E-state index is 12.5. The van der Waals surface area contributed by atoms with Gasteiger partial charge < -0.3 is 14.5 Å². The van der Waals surface area contributed by atoms with Crippen molar-refractivity contribution in [3.63, 3.8) is 0 Å². The lowest BCUT2D eigenvalue weighted by atomic mass is 10.2. The third-order valence-electron chi connectivity index (χ3n) is 3.37. The molecular weight excluding hydrogens is 348 g/mol. The van der Waals surface area contributed by atoms with Crippen molar-refractivity contribution in [3.05, 3.63) is 39.1 Å². The lowest BCUT2D eigenvalue weighted by Gasteiger charge is -2.12. The summed E-state index contributed by atoms with van der Waals surface area (Å²) in [5, 5.41) is 4.46. The second kappa shape index (κ2) is 7.25. The SMILES string of the molecule is CCOCC(=O)O[C@H](C)c1nc2scc(-c3cccs3)c2c(=O)[nH]1. The molecule has 0 bridgehead atoms. The summed E-state index contributed by atoms with van der Waals surface area (Å²) in [6.45, 7) is 3.79. The van der Waals surface area contributed by atoms with Crippen molar-refractivity contribution < 1.29 is 14.3 Å². The standard InChI is InChI=1S/C16H16N2O4S2/c1-3-21-7-12(19)22-9(2)14-17-15(20)13-10(8-24-16(13)18-14)11-5-4-6-23-11/h4-6,8-9H,3,7H2,1-2H3,(H,17,18,20)/t9-/m1/s1. The van der Waals surface area contributed by atoms with Gasteiger partial charge in [0.2, 0.25) is 0 Å². The van der Waals surface area contributed by atoms with Crippen molar-refractivity contribution in [3.8, 4) is 10.4 Å². The van der Waals surface area contributed by atoms with Gasteiger partial charge in [-0.15, -0.1) is 22.7 Å². The highest BCUT2D eigenvalue weighted by Crippen LogP contribution is 2.33. The van der Waals surface area contributed by atoms with Crippen LogP contribution in [0.25, 0.3) is 20.7 Å². The predicted octanol–water partition coefficient (Wildman–Crippen LogP) is 3.35. The molecule has 0 spiro atoms. The van der Waals surface area contributed by atoms with E-state index in [2.05, 4.69) is 9.97 Å². The molecule has 6 nitrogen and oxygen atoms in total. The molecule has 0 saturated carbocycles. The largest absolute Gasteiger partial charge is 0.453 e. The smallest absolute Gasteiger partial charge is 0.332 e. The number of nitrogens with zero attached hydrogens (tertiary/aromatic N) is 1. The molecule has 0 unspecified atom stereocenters. The lowest BCUT2D eigenvalue weighted by Crippen LogP contribution is -2.19. The van der Waals surface area contributed by atoms with E-state index >= 15 is 0 Å². The molecule has 3 aromatic heterocycles. The molecule has 1 atom stereocenters. The molecule has 3 rings (SSSR count). The number of esters is 1. The Morgan fingerprint density at radius 3 is 2.96 bits per heavy atom. The molecule has 8 heteroatoms. The average molecular weight is 364 g/mol. The molecule has 0 amide bonds. The molecule has 0 aromatic carbocycles. The van der Waals surface area contributed by atoms with Crippen LogP contribution in [0.1, 0.15) is 25.8 Å². The van der Waals surface area contributed by atoms with Gasteiger partial charge in [-0.05, 0) is 25.3 Å². The van der Waals surface area contributed by atoms with Crippen LogP contribution in [0.2, 0.25) is 0 Å². The first-order valence-electron chi connectivity index (χ1n) is 7.42. The first-order valence-corrected chi connectivity index (χ1v) is 9.18. The number of hydrogen-bond donors (Lipinski definition) is 1. The van der Waals surface area contributed by atoms with Crippen LogP contribution in [-0.4, -0.2) is 29.2 Å². The number of carbonyl (C=O) groups is 1. The molecule has 0 aliphatic heterocycles. The number of aromatic nitrogens is 2. The molecule has 0 fully saturated rings. The monoisotopic (exact) mass is 364 g/mol. The highest BCUT2D eigenvalue weighted by atomic mass is 32.1. The zero-order valence-corrected chi connectivity index (χ0v) is 14.8. The van der Waals surface area contributed by atoms with Gasteiger partial charge in [0.15, 0.2) is 11.9 Å². The van der Waals surface area contributed by atoms with Crippen molar-refractivity contribution in [2.45, 2.75) is 20.0 Å². The second-order valence-electron chi connectivity index (χ2n) is 5.03. The third kappa shape index (κ3) is 3.40. The number of nitrogens with one attached hydrogen (secondary N) is 1. The van der Waals surface area contributed by atoms with Gasteiger partial charge in [0, 0.05) is 22.4 Å². The van der Waals surface area contributed by atoms with Crippen molar-refractivity contribution >= 4 is 38.9 Å². The summed E-state index contributed by atoms with van der Waals surface area (Å²) in [7, 11) is 0. The fourth-order valence-electron chi connectivity index (χ4n) is 2.24. The Kier molecular flexibility index (Phi) is 5.08. The van der Waals surface area contributed by atoms with E-state index < -0.39 is 12.1 Å². The Bertz CT molecular complexity index is 899. The van der Waals surface area contributed by atoms with Crippen LogP contribution in [0, 0.1) is 0 Å². The first-order chi connectivity index (χ1) is 11.6. The summed E-state index contributed by atoms with van der Waals surface area (Å²) in [6.07, 6.45) is -0.651. The zero-order valence-electron chi connectivity index (χ0n) is 13.2. The number of ether oxygens (including phenoxy) is 2. The number of carbonyl (C=O) groups excluding carboxylic acids is 1. The predicted molar refractivity (Wildman–Crippen MR) is 94.6 cm³/mol. The molecule has 126 valence electrons. The minimum atomic E-state index is -0.651. The summed E-state index contributed by atoms with van der Waals surface area (Å²) in [4.78, 5) is 33.0. The summed E-state index contributed by atoms with van der Waals surface area (Å²) >= 11 is 2.97. The highest BCUT2D eigenvalue weighted by Gasteiger charge is 2.18. The Labute approximate surface area is 146 Å². The Morgan fingerprint density at radius 1 is 1.42 bits per heavy atom. The molecule has 0 saturated heterocycles. The van der Waals surface area contributed by atoms with Gasteiger partial charge in [0.05, 0.1) is 5.39 Å². The maximum absolute atomic E-state index is 12.5. The summed E-state index contributed by atoms with van der Waals surface area (Å²) in [5.74, 6) is -0.158. The van der Waals surface area contributed by atoms with Crippen LogP contribution in [0.3, 0.4) is 0 Å². The molecule has 0 aliphatic rings. The Balaban J connectivity index is 1.89. The number of aromatic amines is 1. The number of hydrogen-bond acceptors (Lipinski definition) is 7. The van der Waals surface area contributed by atoms with Crippen molar-refractivity contribution in [1.82, 2.24) is 9.97 Å². The van der Waals surface area contributed by atoms with Crippen LogP contribution >= 0.6 is 22.7 Å². The van der Waals surface area contributed by atoms with E-state index in [4.69, 9.17) is 9.47 Å². The van der Waals surface area contributed by atoms with Gasteiger partial charge in [0.25, 0.3) is 5.56 Å². The van der Waals surface area contributed by atoms with Gasteiger partial charge in [0.1, 0.15) is 11.4 Å². The third-order valence-corrected chi connectivity index (χ3v) is 5.14. The quantitative estimate of drug-likeness (QED) is 0.678. The average Bonchev–Trinajstić information content (AvgIpc) is 3.21. The number of rotatable bonds is 6. The van der Waals surface area contributed by atoms with Gasteiger partial charge in [-0.1, -0.05) is 6.07 Å². The molecular formula is C16H16N2O4S2. The van der Waals surface area contributed by atoms with Crippen LogP contribution in [0.15, 0.2) is 27.7 Å². The molecule has 24 heavy (non-hydrogen) atoms. The van der Waals surface area contributed by atoms with E-state index in [9.17, 15) is 9.59 Å². The Morgan fingerprint density at radius 2 is 2.25 bits per heavy atom. The first kappa shape index (κ1) is 16.8. The summed E-state index contributed by atoms with van der Waals surface area (Å²) in [5.41, 5.74) is 0.652. The molecule has 0 aliphatic carbocycles. The maximum Gasteiger partial charge on any atom is 0.332 e. The van der Waals surface area contributed by atoms with Gasteiger partial charge in [-0.25, -0.2) is 9.78 Å². The fourth-order valence-corrected chi connectivity index (χ4v) is 4.01. The minimum absolute atomic E-state index is 0.116. The van der Waals surface area contributed by atoms with Gasteiger partial charge in [-0.3, -0.25) is 4.79 Å². The van der Waals surface area contributed by atoms with Crippen LogP contribution in [0.5, 0.6) is 0 Å². The van der Waals surface area contributed by atoms with Crippen molar-refractivity contribution in [1.29, 1.82) is 0 Å². The van der Waals surface area contributed by atoms with Gasteiger partial charge in [-0.2, -0.15) is 0 Å².